The second-order valence-corrected chi connectivity index (χ2v) is 6.23. The Morgan fingerprint density at radius 3 is 2.86 bits per heavy atom. The number of hydrogen-bond acceptors (Lipinski definition) is 4. The topological polar surface area (TPSA) is 55.1 Å². The summed E-state index contributed by atoms with van der Waals surface area (Å²) in [4.78, 5) is 15.1. The van der Waals surface area contributed by atoms with E-state index in [4.69, 9.17) is 4.42 Å². The number of aromatic nitrogens is 1. The van der Waals surface area contributed by atoms with Gasteiger partial charge in [-0.1, -0.05) is 30.3 Å². The molecular weight excluding hydrogens is 284 g/mol. The van der Waals surface area contributed by atoms with Crippen LogP contribution in [0.25, 0.3) is 11.3 Å². The van der Waals surface area contributed by atoms with E-state index >= 15 is 0 Å². The molecule has 0 aliphatic carbocycles. The molecule has 1 atom stereocenters. The van der Waals surface area contributed by atoms with Gasteiger partial charge in [0.05, 0.1) is 11.4 Å². The number of rotatable bonds is 7. The first-order valence-corrected chi connectivity index (χ1v) is 8.09. The standard InChI is InChI=1S/C16H20N2O2S/c1-12(21-10-6-9-17-13(2)19)16-18-11-15(20-16)14-7-4-3-5-8-14/h3-5,7-8,11-12H,6,9-10H2,1-2H3,(H,17,19)/t12-/m1/s1. The zero-order chi connectivity index (χ0) is 15.1. The smallest absolute Gasteiger partial charge is 0.216 e. The summed E-state index contributed by atoms with van der Waals surface area (Å²) >= 11 is 1.78. The van der Waals surface area contributed by atoms with Crippen molar-refractivity contribution in [1.82, 2.24) is 10.3 Å². The molecule has 1 N–H and O–H groups in total. The number of nitrogens with zero attached hydrogens (tertiary/aromatic N) is 1. The van der Waals surface area contributed by atoms with Gasteiger partial charge in [-0.05, 0) is 19.1 Å². The predicted molar refractivity (Wildman–Crippen MR) is 86.1 cm³/mol. The highest BCUT2D eigenvalue weighted by Crippen LogP contribution is 2.30. The summed E-state index contributed by atoms with van der Waals surface area (Å²) in [5.74, 6) is 2.53. The molecular formula is C16H20N2O2S. The van der Waals surface area contributed by atoms with Gasteiger partial charge in [-0.2, -0.15) is 0 Å². The fraction of sp³-hybridized carbons (Fsp3) is 0.375. The normalized spacial score (nSPS) is 12.1. The van der Waals surface area contributed by atoms with Gasteiger partial charge in [0.2, 0.25) is 11.8 Å². The molecule has 0 saturated carbocycles. The number of hydrogen-bond donors (Lipinski definition) is 1. The number of oxazole rings is 1. The maximum Gasteiger partial charge on any atom is 0.216 e. The first-order valence-electron chi connectivity index (χ1n) is 7.04. The van der Waals surface area contributed by atoms with Crippen molar-refractivity contribution in [3.05, 3.63) is 42.4 Å². The van der Waals surface area contributed by atoms with Crippen LogP contribution in [-0.2, 0) is 4.79 Å². The van der Waals surface area contributed by atoms with Crippen LogP contribution in [0.3, 0.4) is 0 Å². The van der Waals surface area contributed by atoms with Crippen molar-refractivity contribution >= 4 is 17.7 Å². The van der Waals surface area contributed by atoms with E-state index < -0.39 is 0 Å². The minimum absolute atomic E-state index is 0.0215. The molecule has 0 saturated heterocycles. The summed E-state index contributed by atoms with van der Waals surface area (Å²) in [5.41, 5.74) is 1.04. The van der Waals surface area contributed by atoms with Gasteiger partial charge in [-0.25, -0.2) is 4.98 Å². The molecule has 0 aliphatic rings. The van der Waals surface area contributed by atoms with Crippen LogP contribution < -0.4 is 5.32 Å². The van der Waals surface area contributed by atoms with Crippen LogP contribution in [0.4, 0.5) is 0 Å². The molecule has 0 bridgehead atoms. The van der Waals surface area contributed by atoms with Crippen LogP contribution in [0.1, 0.15) is 31.4 Å². The fourth-order valence-corrected chi connectivity index (χ4v) is 2.80. The molecule has 0 unspecified atom stereocenters. The van der Waals surface area contributed by atoms with Gasteiger partial charge in [0.1, 0.15) is 0 Å². The van der Waals surface area contributed by atoms with Crippen LogP contribution >= 0.6 is 11.8 Å². The van der Waals surface area contributed by atoms with E-state index in [0.717, 1.165) is 35.9 Å². The van der Waals surface area contributed by atoms with Crippen molar-refractivity contribution in [1.29, 1.82) is 0 Å². The number of benzene rings is 1. The van der Waals surface area contributed by atoms with Crippen molar-refractivity contribution in [3.8, 4) is 11.3 Å². The number of nitrogens with one attached hydrogen (secondary N) is 1. The molecule has 1 aromatic carbocycles. The summed E-state index contributed by atoms with van der Waals surface area (Å²) < 4.78 is 5.83. The molecule has 1 aromatic heterocycles. The van der Waals surface area contributed by atoms with Gasteiger partial charge < -0.3 is 9.73 Å². The van der Waals surface area contributed by atoms with E-state index in [-0.39, 0.29) is 11.2 Å². The molecule has 5 heteroatoms. The molecule has 0 fully saturated rings. The van der Waals surface area contributed by atoms with E-state index in [9.17, 15) is 4.79 Å². The third-order valence-corrected chi connectivity index (χ3v) is 4.22. The highest BCUT2D eigenvalue weighted by atomic mass is 32.2. The van der Waals surface area contributed by atoms with E-state index in [2.05, 4.69) is 17.2 Å². The minimum atomic E-state index is 0.0215. The molecule has 0 aliphatic heterocycles. The van der Waals surface area contributed by atoms with Crippen molar-refractivity contribution in [2.24, 2.45) is 0 Å². The van der Waals surface area contributed by atoms with Gasteiger partial charge in [0, 0.05) is 19.0 Å². The second-order valence-electron chi connectivity index (χ2n) is 4.78. The second kappa shape index (κ2) is 7.88. The Kier molecular flexibility index (Phi) is 5.87. The van der Waals surface area contributed by atoms with E-state index in [1.165, 1.54) is 6.92 Å². The Hall–Kier alpha value is -1.75. The third kappa shape index (κ3) is 4.93. The van der Waals surface area contributed by atoms with Crippen LogP contribution in [0.2, 0.25) is 0 Å². The lowest BCUT2D eigenvalue weighted by molar-refractivity contribution is -0.118. The van der Waals surface area contributed by atoms with Gasteiger partial charge in [0.25, 0.3) is 0 Å². The number of thioether (sulfide) groups is 1. The largest absolute Gasteiger partial charge is 0.440 e. The van der Waals surface area contributed by atoms with Crippen LogP contribution in [0.5, 0.6) is 0 Å². The Balaban J connectivity index is 1.82. The number of amides is 1. The predicted octanol–water partition coefficient (Wildman–Crippen LogP) is 3.66. The van der Waals surface area contributed by atoms with Gasteiger partial charge in [-0.3, -0.25) is 4.79 Å². The quantitative estimate of drug-likeness (QED) is 0.793. The fourth-order valence-electron chi connectivity index (χ4n) is 1.88. The summed E-state index contributed by atoms with van der Waals surface area (Å²) in [6.45, 7) is 4.34. The summed E-state index contributed by atoms with van der Waals surface area (Å²) in [7, 11) is 0. The Labute approximate surface area is 129 Å². The molecule has 0 spiro atoms. The number of carbonyl (C=O) groups is 1. The molecule has 2 aromatic rings. The van der Waals surface area contributed by atoms with Crippen LogP contribution in [0, 0.1) is 0 Å². The average Bonchev–Trinajstić information content (AvgIpc) is 2.97. The molecule has 112 valence electrons. The van der Waals surface area contributed by atoms with E-state index in [1.807, 2.05) is 30.3 Å². The van der Waals surface area contributed by atoms with Gasteiger partial charge in [0.15, 0.2) is 5.76 Å². The molecule has 1 amide bonds. The van der Waals surface area contributed by atoms with Gasteiger partial charge in [-0.15, -0.1) is 11.8 Å². The molecule has 2 rings (SSSR count). The number of carbonyl (C=O) groups excluding carboxylic acids is 1. The molecule has 21 heavy (non-hydrogen) atoms. The SMILES string of the molecule is CC(=O)NCCCS[C@H](C)c1ncc(-c2ccccc2)o1. The summed E-state index contributed by atoms with van der Waals surface area (Å²) in [6, 6.07) is 9.97. The van der Waals surface area contributed by atoms with Crippen molar-refractivity contribution < 1.29 is 9.21 Å². The minimum Gasteiger partial charge on any atom is -0.440 e. The maximum atomic E-state index is 10.8. The lowest BCUT2D eigenvalue weighted by Gasteiger charge is -2.07. The molecule has 1 heterocycles. The lowest BCUT2D eigenvalue weighted by Crippen LogP contribution is -2.21. The highest BCUT2D eigenvalue weighted by Gasteiger charge is 2.13. The van der Waals surface area contributed by atoms with E-state index in [0.29, 0.717) is 0 Å². The van der Waals surface area contributed by atoms with Crippen LogP contribution in [0.15, 0.2) is 40.9 Å². The Morgan fingerprint density at radius 2 is 2.14 bits per heavy atom. The first-order chi connectivity index (χ1) is 10.2. The molecule has 4 nitrogen and oxygen atoms in total. The highest BCUT2D eigenvalue weighted by molar-refractivity contribution is 7.99. The molecule has 0 radical (unpaired) electrons. The van der Waals surface area contributed by atoms with Crippen molar-refractivity contribution in [3.63, 3.8) is 0 Å². The van der Waals surface area contributed by atoms with Crippen molar-refractivity contribution in [2.45, 2.75) is 25.5 Å². The van der Waals surface area contributed by atoms with E-state index in [1.54, 1.807) is 18.0 Å². The monoisotopic (exact) mass is 304 g/mol. The van der Waals surface area contributed by atoms with Crippen LogP contribution in [-0.4, -0.2) is 23.2 Å². The van der Waals surface area contributed by atoms with Gasteiger partial charge >= 0.3 is 0 Å². The Morgan fingerprint density at radius 1 is 1.38 bits per heavy atom. The third-order valence-electron chi connectivity index (χ3n) is 2.99. The summed E-state index contributed by atoms with van der Waals surface area (Å²) in [5, 5.41) is 3.00. The maximum absolute atomic E-state index is 10.8. The Bertz CT molecular complexity index is 569. The lowest BCUT2D eigenvalue weighted by atomic mass is 10.2. The summed E-state index contributed by atoms with van der Waals surface area (Å²) in [6.07, 6.45) is 2.72. The zero-order valence-electron chi connectivity index (χ0n) is 12.3. The first kappa shape index (κ1) is 15.6. The van der Waals surface area contributed by atoms with Crippen molar-refractivity contribution in [2.75, 3.05) is 12.3 Å². The zero-order valence-corrected chi connectivity index (χ0v) is 13.2. The average molecular weight is 304 g/mol.